The summed E-state index contributed by atoms with van der Waals surface area (Å²) in [6, 6.07) is 3.65. The first kappa shape index (κ1) is 19.4. The normalized spacial score (nSPS) is 24.2. The van der Waals surface area contributed by atoms with E-state index in [4.69, 9.17) is 4.74 Å². The Morgan fingerprint density at radius 2 is 2.07 bits per heavy atom. The van der Waals surface area contributed by atoms with Crippen LogP contribution in [-0.2, 0) is 9.53 Å². The summed E-state index contributed by atoms with van der Waals surface area (Å²) in [6.45, 7) is 4.96. The van der Waals surface area contributed by atoms with Crippen LogP contribution in [-0.4, -0.2) is 53.5 Å². The molecule has 3 heterocycles. The highest BCUT2D eigenvalue weighted by atomic mass is 16.5. The maximum atomic E-state index is 12.8. The molecule has 1 N–H and O–H groups in total. The van der Waals surface area contributed by atoms with Crippen molar-refractivity contribution in [3.63, 3.8) is 0 Å². The number of hydrogen-bond acceptors (Lipinski definition) is 4. The van der Waals surface area contributed by atoms with Crippen molar-refractivity contribution in [1.82, 2.24) is 15.2 Å². The van der Waals surface area contributed by atoms with Crippen LogP contribution in [0.4, 0.5) is 0 Å². The van der Waals surface area contributed by atoms with E-state index in [2.05, 4.69) is 10.3 Å². The molecule has 3 aliphatic rings. The number of ether oxygens (including phenoxy) is 1. The minimum atomic E-state index is -0.0889. The fraction of sp³-hybridized carbons (Fsp3) is 0.682. The van der Waals surface area contributed by atoms with Crippen molar-refractivity contribution in [2.45, 2.75) is 57.5 Å². The summed E-state index contributed by atoms with van der Waals surface area (Å²) in [5, 5.41) is 3.09. The van der Waals surface area contributed by atoms with Gasteiger partial charge < -0.3 is 15.0 Å². The number of aryl methyl sites for hydroxylation is 1. The summed E-state index contributed by atoms with van der Waals surface area (Å²) in [6.07, 6.45) is 8.75. The summed E-state index contributed by atoms with van der Waals surface area (Å²) in [5.74, 6) is 1.21. The number of nitrogens with zero attached hydrogens (tertiary/aromatic N) is 2. The predicted octanol–water partition coefficient (Wildman–Crippen LogP) is 2.71. The molecule has 0 radical (unpaired) electrons. The van der Waals surface area contributed by atoms with Gasteiger partial charge >= 0.3 is 0 Å². The Kier molecular flexibility index (Phi) is 5.67. The number of pyridine rings is 1. The highest BCUT2D eigenvalue weighted by Gasteiger charge is 2.41. The molecule has 1 atom stereocenters. The number of rotatable bonds is 5. The highest BCUT2D eigenvalue weighted by Crippen LogP contribution is 2.39. The third-order valence-electron chi connectivity index (χ3n) is 6.50. The average molecular weight is 386 g/mol. The van der Waals surface area contributed by atoms with Crippen molar-refractivity contribution < 1.29 is 14.3 Å². The second-order valence-corrected chi connectivity index (χ2v) is 8.72. The molecule has 2 amide bonds. The monoisotopic (exact) mass is 385 g/mol. The van der Waals surface area contributed by atoms with Crippen LogP contribution >= 0.6 is 0 Å². The fourth-order valence-electron chi connectivity index (χ4n) is 4.59. The number of carbonyl (C=O) groups excluding carboxylic acids is 2. The van der Waals surface area contributed by atoms with Gasteiger partial charge in [0.1, 0.15) is 0 Å². The lowest BCUT2D eigenvalue weighted by molar-refractivity contribution is -0.125. The maximum Gasteiger partial charge on any atom is 0.253 e. The van der Waals surface area contributed by atoms with Gasteiger partial charge in [-0.15, -0.1) is 0 Å². The maximum absolute atomic E-state index is 12.8. The zero-order chi connectivity index (χ0) is 19.6. The number of hydrogen-bond donors (Lipinski definition) is 1. The number of aromatic nitrogens is 1. The molecule has 2 saturated heterocycles. The van der Waals surface area contributed by atoms with Crippen molar-refractivity contribution >= 4 is 11.8 Å². The minimum Gasteiger partial charge on any atom is -0.375 e. The van der Waals surface area contributed by atoms with E-state index in [0.29, 0.717) is 5.92 Å². The van der Waals surface area contributed by atoms with E-state index < -0.39 is 0 Å². The minimum absolute atomic E-state index is 0.0889. The molecule has 0 bridgehead atoms. The van der Waals surface area contributed by atoms with Gasteiger partial charge in [-0.3, -0.25) is 14.6 Å². The number of likely N-dealkylation sites (tertiary alicyclic amines) is 1. The van der Waals surface area contributed by atoms with Gasteiger partial charge in [-0.1, -0.05) is 0 Å². The summed E-state index contributed by atoms with van der Waals surface area (Å²) in [7, 11) is 0. The average Bonchev–Trinajstić information content (AvgIpc) is 3.54. The molecule has 1 unspecified atom stereocenters. The van der Waals surface area contributed by atoms with Crippen molar-refractivity contribution in [1.29, 1.82) is 0 Å². The molecule has 6 heteroatoms. The van der Waals surface area contributed by atoms with E-state index in [1.54, 1.807) is 12.3 Å². The van der Waals surface area contributed by atoms with Crippen LogP contribution in [0.15, 0.2) is 18.3 Å². The number of nitrogens with one attached hydrogen (secondary N) is 1. The standard InChI is InChI=1S/C22H31N3O3/c1-16-14-19(5-10-23-16)21(27)25-11-7-22(8-12-25)15-17(6-13-28-22)4-9-24-20(26)18-2-3-18/h5,10,14,17-18H,2-4,6-9,11-13,15H2,1H3,(H,24,26). The second-order valence-electron chi connectivity index (χ2n) is 8.72. The summed E-state index contributed by atoms with van der Waals surface area (Å²) >= 11 is 0. The highest BCUT2D eigenvalue weighted by molar-refractivity contribution is 5.94. The molecular weight excluding hydrogens is 354 g/mol. The molecular formula is C22H31N3O3. The Balaban J connectivity index is 1.26. The van der Waals surface area contributed by atoms with E-state index in [-0.39, 0.29) is 23.3 Å². The molecule has 1 spiro atoms. The third-order valence-corrected chi connectivity index (χ3v) is 6.50. The second kappa shape index (κ2) is 8.19. The lowest BCUT2D eigenvalue weighted by Crippen LogP contribution is -2.51. The van der Waals surface area contributed by atoms with Gasteiger partial charge in [0, 0.05) is 49.6 Å². The molecule has 4 rings (SSSR count). The third kappa shape index (κ3) is 4.54. The zero-order valence-corrected chi connectivity index (χ0v) is 16.8. The van der Waals surface area contributed by atoms with Crippen LogP contribution in [0.5, 0.6) is 0 Å². The predicted molar refractivity (Wildman–Crippen MR) is 106 cm³/mol. The molecule has 6 nitrogen and oxygen atoms in total. The lowest BCUT2D eigenvalue weighted by Gasteiger charge is -2.46. The first-order valence-corrected chi connectivity index (χ1v) is 10.7. The van der Waals surface area contributed by atoms with E-state index in [1.165, 1.54) is 0 Å². The molecule has 2 aliphatic heterocycles. The van der Waals surface area contributed by atoms with Crippen LogP contribution in [0.2, 0.25) is 0 Å². The van der Waals surface area contributed by atoms with Gasteiger partial charge in [-0.2, -0.15) is 0 Å². The van der Waals surface area contributed by atoms with Crippen LogP contribution in [0, 0.1) is 18.8 Å². The molecule has 28 heavy (non-hydrogen) atoms. The number of carbonyl (C=O) groups is 2. The fourth-order valence-corrected chi connectivity index (χ4v) is 4.59. The van der Waals surface area contributed by atoms with Crippen molar-refractivity contribution in [3.05, 3.63) is 29.6 Å². The molecule has 0 aromatic carbocycles. The van der Waals surface area contributed by atoms with Crippen molar-refractivity contribution in [3.8, 4) is 0 Å². The van der Waals surface area contributed by atoms with Crippen LogP contribution < -0.4 is 5.32 Å². The first-order chi connectivity index (χ1) is 13.5. The van der Waals surface area contributed by atoms with Gasteiger partial charge in [0.05, 0.1) is 5.60 Å². The van der Waals surface area contributed by atoms with Crippen molar-refractivity contribution in [2.24, 2.45) is 11.8 Å². The SMILES string of the molecule is Cc1cc(C(=O)N2CCC3(CC2)CC(CCNC(=O)C2CC2)CCO3)ccn1. The number of amides is 2. The molecule has 1 aromatic rings. The summed E-state index contributed by atoms with van der Waals surface area (Å²) in [5.41, 5.74) is 1.50. The molecule has 1 saturated carbocycles. The van der Waals surface area contributed by atoms with Gasteiger partial charge in [0.2, 0.25) is 5.91 Å². The van der Waals surface area contributed by atoms with E-state index in [9.17, 15) is 9.59 Å². The number of piperidine rings is 1. The van der Waals surface area contributed by atoms with Crippen LogP contribution in [0.1, 0.15) is 61.0 Å². The Bertz CT molecular complexity index is 723. The lowest BCUT2D eigenvalue weighted by atomic mass is 9.78. The van der Waals surface area contributed by atoms with E-state index in [0.717, 1.165) is 82.4 Å². The Morgan fingerprint density at radius 3 is 2.79 bits per heavy atom. The molecule has 1 aliphatic carbocycles. The Labute approximate surface area is 167 Å². The zero-order valence-electron chi connectivity index (χ0n) is 16.8. The molecule has 1 aromatic heterocycles. The quantitative estimate of drug-likeness (QED) is 0.846. The largest absolute Gasteiger partial charge is 0.375 e. The van der Waals surface area contributed by atoms with Gasteiger partial charge in [0.15, 0.2) is 0 Å². The smallest absolute Gasteiger partial charge is 0.253 e. The van der Waals surface area contributed by atoms with E-state index in [1.807, 2.05) is 17.9 Å². The van der Waals surface area contributed by atoms with Gasteiger partial charge in [-0.25, -0.2) is 0 Å². The molecule has 3 fully saturated rings. The molecule has 152 valence electrons. The Morgan fingerprint density at radius 1 is 1.29 bits per heavy atom. The summed E-state index contributed by atoms with van der Waals surface area (Å²) in [4.78, 5) is 30.7. The Hall–Kier alpha value is -1.95. The van der Waals surface area contributed by atoms with Crippen molar-refractivity contribution in [2.75, 3.05) is 26.2 Å². The van der Waals surface area contributed by atoms with Crippen LogP contribution in [0.25, 0.3) is 0 Å². The van der Waals surface area contributed by atoms with Crippen LogP contribution in [0.3, 0.4) is 0 Å². The van der Waals surface area contributed by atoms with Gasteiger partial charge in [0.25, 0.3) is 5.91 Å². The first-order valence-electron chi connectivity index (χ1n) is 10.7. The van der Waals surface area contributed by atoms with Gasteiger partial charge in [-0.05, 0) is 69.9 Å². The topological polar surface area (TPSA) is 71.5 Å². The van der Waals surface area contributed by atoms with E-state index >= 15 is 0 Å². The summed E-state index contributed by atoms with van der Waals surface area (Å²) < 4.78 is 6.23.